The highest BCUT2D eigenvalue weighted by Gasteiger charge is 2.34. The predicted molar refractivity (Wildman–Crippen MR) is 148 cm³/mol. The molecule has 2 amide bonds. The van der Waals surface area contributed by atoms with Crippen LogP contribution in [0.5, 0.6) is 17.2 Å². The third-order valence-electron chi connectivity index (χ3n) is 7.10. The number of nitrogens with one attached hydrogen (secondary N) is 1. The van der Waals surface area contributed by atoms with E-state index in [1.54, 1.807) is 31.3 Å². The van der Waals surface area contributed by atoms with Gasteiger partial charge in [0.1, 0.15) is 11.8 Å². The second-order valence-corrected chi connectivity index (χ2v) is 9.66. The summed E-state index contributed by atoms with van der Waals surface area (Å²) in [5, 5.41) is 3.24. The largest absolute Gasteiger partial charge is 0.494 e. The number of rotatable bonds is 12. The number of carbonyl (C=O) groups is 2. The maximum atomic E-state index is 13.9. The monoisotopic (exact) mass is 534 g/mol. The van der Waals surface area contributed by atoms with Crippen LogP contribution in [0.2, 0.25) is 0 Å². The SMILES string of the molecule is CCOc1ccc([C@@H](C(=O)NC2CCCCC2)N(CCc2ccc(OC)c(OC)c2)C(=O)c2ccco2)cc1. The standard InChI is InChI=1S/C31H38N2O6/c1-4-38-25-15-13-23(14-16-25)29(30(34)32-24-9-6-5-7-10-24)33(31(35)27-11-8-20-39-27)19-18-22-12-17-26(36-2)28(21-22)37-3/h8,11-17,20-21,24,29H,4-7,9-10,18-19H2,1-3H3,(H,32,34)/t29-/m0/s1. The molecule has 1 atom stereocenters. The molecule has 208 valence electrons. The summed E-state index contributed by atoms with van der Waals surface area (Å²) in [5.41, 5.74) is 1.65. The molecular formula is C31H38N2O6. The Morgan fingerprint density at radius 1 is 1.00 bits per heavy atom. The lowest BCUT2D eigenvalue weighted by molar-refractivity contribution is -0.126. The Kier molecular flexibility index (Phi) is 9.89. The molecule has 1 aliphatic rings. The first kappa shape index (κ1) is 28.1. The number of carbonyl (C=O) groups excluding carboxylic acids is 2. The molecule has 8 heteroatoms. The van der Waals surface area contributed by atoms with Crippen LogP contribution in [-0.4, -0.2) is 50.1 Å². The minimum absolute atomic E-state index is 0.0999. The number of furan rings is 1. The smallest absolute Gasteiger partial charge is 0.290 e. The number of hydrogen-bond donors (Lipinski definition) is 1. The summed E-state index contributed by atoms with van der Waals surface area (Å²) in [6.45, 7) is 2.75. The maximum absolute atomic E-state index is 13.9. The third kappa shape index (κ3) is 7.13. The lowest BCUT2D eigenvalue weighted by atomic mass is 9.94. The van der Waals surface area contributed by atoms with Gasteiger partial charge in [0.25, 0.3) is 5.91 Å². The van der Waals surface area contributed by atoms with Crippen LogP contribution in [0.3, 0.4) is 0 Å². The van der Waals surface area contributed by atoms with Crippen LogP contribution in [0, 0.1) is 0 Å². The van der Waals surface area contributed by atoms with Crippen molar-refractivity contribution in [1.82, 2.24) is 10.2 Å². The molecule has 1 aliphatic carbocycles. The number of amides is 2. The summed E-state index contributed by atoms with van der Waals surface area (Å²) in [6.07, 6.45) is 7.22. The zero-order valence-corrected chi connectivity index (χ0v) is 23.0. The number of nitrogens with zero attached hydrogens (tertiary/aromatic N) is 1. The molecule has 1 fully saturated rings. The molecule has 2 aromatic carbocycles. The van der Waals surface area contributed by atoms with Gasteiger partial charge < -0.3 is 28.8 Å². The van der Waals surface area contributed by atoms with Gasteiger partial charge in [0.15, 0.2) is 17.3 Å². The van der Waals surface area contributed by atoms with Gasteiger partial charge in [-0.05, 0) is 73.7 Å². The molecule has 1 N–H and O–H groups in total. The average molecular weight is 535 g/mol. The van der Waals surface area contributed by atoms with Gasteiger partial charge in [-0.1, -0.05) is 37.5 Å². The molecule has 0 saturated heterocycles. The van der Waals surface area contributed by atoms with Crippen molar-refractivity contribution in [1.29, 1.82) is 0 Å². The second-order valence-electron chi connectivity index (χ2n) is 9.66. The fourth-order valence-electron chi connectivity index (χ4n) is 5.09. The molecule has 1 heterocycles. The number of benzene rings is 2. The Labute approximate surface area is 230 Å². The van der Waals surface area contributed by atoms with Gasteiger partial charge in [0.2, 0.25) is 5.91 Å². The van der Waals surface area contributed by atoms with Crippen molar-refractivity contribution in [2.45, 2.75) is 57.5 Å². The van der Waals surface area contributed by atoms with Crippen LogP contribution in [0.25, 0.3) is 0 Å². The van der Waals surface area contributed by atoms with Crippen molar-refractivity contribution in [3.8, 4) is 17.2 Å². The van der Waals surface area contributed by atoms with Crippen molar-refractivity contribution in [3.63, 3.8) is 0 Å². The van der Waals surface area contributed by atoms with Crippen molar-refractivity contribution in [2.75, 3.05) is 27.4 Å². The summed E-state index contributed by atoms with van der Waals surface area (Å²) >= 11 is 0. The first-order chi connectivity index (χ1) is 19.0. The normalized spacial score (nSPS) is 14.3. The van der Waals surface area contributed by atoms with E-state index in [-0.39, 0.29) is 30.2 Å². The quantitative estimate of drug-likeness (QED) is 0.327. The molecule has 0 radical (unpaired) electrons. The fourth-order valence-corrected chi connectivity index (χ4v) is 5.09. The third-order valence-corrected chi connectivity index (χ3v) is 7.10. The van der Waals surface area contributed by atoms with Gasteiger partial charge in [-0.15, -0.1) is 0 Å². The molecule has 0 spiro atoms. The molecule has 4 rings (SSSR count). The molecule has 3 aromatic rings. The van der Waals surface area contributed by atoms with Crippen LogP contribution < -0.4 is 19.5 Å². The predicted octanol–water partition coefficient (Wildman–Crippen LogP) is 5.57. The van der Waals surface area contributed by atoms with Gasteiger partial charge in [-0.3, -0.25) is 9.59 Å². The lowest BCUT2D eigenvalue weighted by Crippen LogP contribution is -2.47. The minimum atomic E-state index is -0.847. The Morgan fingerprint density at radius 3 is 2.38 bits per heavy atom. The fraction of sp³-hybridized carbons (Fsp3) is 0.419. The van der Waals surface area contributed by atoms with Gasteiger partial charge in [-0.2, -0.15) is 0 Å². The average Bonchev–Trinajstić information content (AvgIpc) is 3.51. The van der Waals surface area contributed by atoms with E-state index < -0.39 is 6.04 Å². The Bertz CT molecular complexity index is 1200. The van der Waals surface area contributed by atoms with E-state index in [1.807, 2.05) is 49.4 Å². The molecule has 0 unspecified atom stereocenters. The summed E-state index contributed by atoms with van der Waals surface area (Å²) in [4.78, 5) is 29.3. The van der Waals surface area contributed by atoms with E-state index in [0.29, 0.717) is 35.8 Å². The van der Waals surface area contributed by atoms with Crippen LogP contribution in [0.4, 0.5) is 0 Å². The van der Waals surface area contributed by atoms with Crippen molar-refractivity contribution >= 4 is 11.8 Å². The van der Waals surface area contributed by atoms with Crippen LogP contribution in [0.1, 0.15) is 66.8 Å². The summed E-state index contributed by atoms with van der Waals surface area (Å²) in [7, 11) is 3.18. The number of methoxy groups -OCH3 is 2. The van der Waals surface area contributed by atoms with E-state index in [9.17, 15) is 9.59 Å². The summed E-state index contributed by atoms with van der Waals surface area (Å²) in [5.74, 6) is 1.59. The molecule has 8 nitrogen and oxygen atoms in total. The minimum Gasteiger partial charge on any atom is -0.494 e. The zero-order chi connectivity index (χ0) is 27.6. The topological polar surface area (TPSA) is 90.2 Å². The highest BCUT2D eigenvalue weighted by atomic mass is 16.5. The molecule has 39 heavy (non-hydrogen) atoms. The zero-order valence-electron chi connectivity index (χ0n) is 23.0. The van der Waals surface area contributed by atoms with E-state index >= 15 is 0 Å². The van der Waals surface area contributed by atoms with E-state index in [1.165, 1.54) is 12.7 Å². The number of ether oxygens (including phenoxy) is 3. The number of hydrogen-bond acceptors (Lipinski definition) is 6. The highest BCUT2D eigenvalue weighted by Crippen LogP contribution is 2.30. The van der Waals surface area contributed by atoms with Crippen LogP contribution in [-0.2, 0) is 11.2 Å². The first-order valence-electron chi connectivity index (χ1n) is 13.6. The Balaban J connectivity index is 1.67. The van der Waals surface area contributed by atoms with Gasteiger partial charge >= 0.3 is 0 Å². The molecule has 0 bridgehead atoms. The van der Waals surface area contributed by atoms with Crippen molar-refractivity contribution < 1.29 is 28.2 Å². The van der Waals surface area contributed by atoms with E-state index in [0.717, 1.165) is 31.2 Å². The highest BCUT2D eigenvalue weighted by molar-refractivity contribution is 5.96. The summed E-state index contributed by atoms with van der Waals surface area (Å²) in [6, 6.07) is 15.6. The molecule has 1 saturated carbocycles. The second kappa shape index (κ2) is 13.7. The van der Waals surface area contributed by atoms with Crippen molar-refractivity contribution in [3.05, 3.63) is 77.7 Å². The van der Waals surface area contributed by atoms with Gasteiger partial charge in [0.05, 0.1) is 27.1 Å². The molecular weight excluding hydrogens is 496 g/mol. The maximum Gasteiger partial charge on any atom is 0.290 e. The van der Waals surface area contributed by atoms with Crippen molar-refractivity contribution in [2.24, 2.45) is 0 Å². The summed E-state index contributed by atoms with van der Waals surface area (Å²) < 4.78 is 21.9. The van der Waals surface area contributed by atoms with E-state index in [2.05, 4.69) is 5.32 Å². The van der Waals surface area contributed by atoms with E-state index in [4.69, 9.17) is 18.6 Å². The van der Waals surface area contributed by atoms with Gasteiger partial charge in [0, 0.05) is 12.6 Å². The lowest BCUT2D eigenvalue weighted by Gasteiger charge is -2.33. The Morgan fingerprint density at radius 2 is 1.74 bits per heavy atom. The Hall–Kier alpha value is -3.94. The molecule has 1 aromatic heterocycles. The van der Waals surface area contributed by atoms with Crippen LogP contribution >= 0.6 is 0 Å². The van der Waals surface area contributed by atoms with Crippen LogP contribution in [0.15, 0.2) is 65.3 Å². The molecule has 0 aliphatic heterocycles. The van der Waals surface area contributed by atoms with Gasteiger partial charge in [-0.25, -0.2) is 0 Å². The first-order valence-corrected chi connectivity index (χ1v) is 13.6.